The number of ether oxygens (including phenoxy) is 3. The zero-order chi connectivity index (χ0) is 40.0. The molecule has 55 heavy (non-hydrogen) atoms. The minimum Gasteiger partial charge on any atom is -0.462 e. The van der Waals surface area contributed by atoms with Gasteiger partial charge in [-0.2, -0.15) is 0 Å². The highest BCUT2D eigenvalue weighted by molar-refractivity contribution is 5.70. The number of alkyl halides is 2. The van der Waals surface area contributed by atoms with Crippen LogP contribution in [0.3, 0.4) is 0 Å². The fraction of sp³-hybridized carbons (Fsp3) is 0.844. The van der Waals surface area contributed by atoms with Crippen molar-refractivity contribution in [2.45, 2.75) is 193 Å². The normalized spacial score (nSPS) is 14.1. The molecule has 1 fully saturated rings. The van der Waals surface area contributed by atoms with Crippen molar-refractivity contribution >= 4 is 18.0 Å². The van der Waals surface area contributed by atoms with Crippen molar-refractivity contribution < 1.29 is 37.4 Å². The molecular weight excluding hydrogens is 702 g/mol. The first kappa shape index (κ1) is 50.5. The molecule has 0 aromatic carbocycles. The number of halogens is 2. The third kappa shape index (κ3) is 31.3. The number of nitrogens with one attached hydrogen (secondary N) is 1. The minimum atomic E-state index is -0.942. The molecule has 8 nitrogen and oxygen atoms in total. The smallest absolute Gasteiger partial charge is 0.407 e. The lowest BCUT2D eigenvalue weighted by Crippen LogP contribution is -2.60. The van der Waals surface area contributed by atoms with Gasteiger partial charge >= 0.3 is 18.0 Å². The molecule has 1 N–H and O–H groups in total. The summed E-state index contributed by atoms with van der Waals surface area (Å²) in [6.07, 6.45) is 35.8. The second-order valence-electron chi connectivity index (χ2n) is 15.6. The highest BCUT2D eigenvalue weighted by Gasteiger charge is 2.31. The highest BCUT2D eigenvalue weighted by atomic mass is 19.1. The van der Waals surface area contributed by atoms with E-state index in [2.05, 4.69) is 43.5 Å². The Morgan fingerprint density at radius 2 is 1.04 bits per heavy atom. The number of carbonyl (C=O) groups is 3. The molecule has 0 radical (unpaired) electrons. The number of hydrogen-bond acceptors (Lipinski definition) is 7. The lowest BCUT2D eigenvalue weighted by molar-refractivity contribution is -0.152. The van der Waals surface area contributed by atoms with Crippen molar-refractivity contribution in [2.24, 2.45) is 5.92 Å². The van der Waals surface area contributed by atoms with E-state index >= 15 is 0 Å². The van der Waals surface area contributed by atoms with Crippen molar-refractivity contribution in [1.82, 2.24) is 10.2 Å². The topological polar surface area (TPSA) is 94.2 Å². The molecular formula is C45H80F2N2O6. The van der Waals surface area contributed by atoms with Crippen LogP contribution in [-0.4, -0.2) is 81.3 Å². The zero-order valence-corrected chi connectivity index (χ0v) is 35.0. The lowest BCUT2D eigenvalue weighted by Gasteiger charge is -2.40. The first-order valence-electron chi connectivity index (χ1n) is 22.3. The van der Waals surface area contributed by atoms with Crippen molar-refractivity contribution in [2.75, 3.05) is 46.2 Å². The molecule has 0 bridgehead atoms. The molecule has 1 aliphatic heterocycles. The maximum absolute atomic E-state index is 12.9. The van der Waals surface area contributed by atoms with Crippen LogP contribution >= 0.6 is 0 Å². The van der Waals surface area contributed by atoms with Gasteiger partial charge in [0.2, 0.25) is 0 Å². The Labute approximate surface area is 334 Å². The quantitative estimate of drug-likeness (QED) is 0.0288. The van der Waals surface area contributed by atoms with Crippen LogP contribution < -0.4 is 5.32 Å². The number of alkyl carbamates (subject to hydrolysis) is 1. The molecule has 1 unspecified atom stereocenters. The number of rotatable bonds is 38. The first-order chi connectivity index (χ1) is 26.9. The van der Waals surface area contributed by atoms with Gasteiger partial charge in [-0.05, 0) is 44.9 Å². The maximum Gasteiger partial charge on any atom is 0.407 e. The third-order valence-electron chi connectivity index (χ3n) is 10.2. The predicted molar refractivity (Wildman–Crippen MR) is 221 cm³/mol. The van der Waals surface area contributed by atoms with Crippen molar-refractivity contribution in [3.63, 3.8) is 0 Å². The molecule has 320 valence electrons. The summed E-state index contributed by atoms with van der Waals surface area (Å²) in [4.78, 5) is 39.5. The van der Waals surface area contributed by atoms with Crippen LogP contribution in [0.5, 0.6) is 0 Å². The predicted octanol–water partition coefficient (Wildman–Crippen LogP) is 11.7. The van der Waals surface area contributed by atoms with Crippen LogP contribution in [0.1, 0.15) is 181 Å². The average Bonchev–Trinajstić information content (AvgIpc) is 3.16. The fourth-order valence-electron chi connectivity index (χ4n) is 6.67. The molecule has 1 amide bonds. The number of hydrogen-bond donors (Lipinski definition) is 1. The molecule has 0 saturated carbocycles. The molecule has 1 heterocycles. The Balaban J connectivity index is 2.31. The van der Waals surface area contributed by atoms with Gasteiger partial charge in [-0.3, -0.25) is 23.3 Å². The summed E-state index contributed by atoms with van der Waals surface area (Å²) in [7, 11) is 0. The standard InChI is InChI=1S/C45H80F2N2O6/c1-3-5-7-9-11-13-15-17-18-20-22-24-26-28-30-32-44(51)54-39-42(55-45(52)48-41-36-49(37-41)35-40(33-46)34-47)38-53-43(50)31-29-27-25-23-21-19-16-14-12-10-8-6-4-2/h11,13,17-18,40-42H,3-10,12,14-16,19-39H2,1-2H3,(H,48,52)/b13-11-,18-17-. The monoisotopic (exact) mass is 783 g/mol. The number of allylic oxidation sites excluding steroid dienone is 4. The Kier molecular flexibility index (Phi) is 34.1. The third-order valence-corrected chi connectivity index (χ3v) is 10.2. The second kappa shape index (κ2) is 37.1. The molecule has 1 saturated heterocycles. The van der Waals surface area contributed by atoms with Crippen LogP contribution in [0.2, 0.25) is 0 Å². The summed E-state index contributed by atoms with van der Waals surface area (Å²) in [5, 5.41) is 2.75. The summed E-state index contributed by atoms with van der Waals surface area (Å²) in [5.41, 5.74) is 0. The fourth-order valence-corrected chi connectivity index (χ4v) is 6.67. The van der Waals surface area contributed by atoms with Gasteiger partial charge in [0.15, 0.2) is 6.10 Å². The number of nitrogens with zero attached hydrogens (tertiary/aromatic N) is 1. The molecule has 0 spiro atoms. The van der Waals surface area contributed by atoms with E-state index in [-0.39, 0.29) is 37.6 Å². The van der Waals surface area contributed by atoms with Gasteiger partial charge in [0, 0.05) is 38.4 Å². The van der Waals surface area contributed by atoms with E-state index in [1.807, 2.05) is 4.90 Å². The maximum atomic E-state index is 12.9. The van der Waals surface area contributed by atoms with Crippen molar-refractivity contribution in [1.29, 1.82) is 0 Å². The lowest BCUT2D eigenvalue weighted by atomic mass is 10.0. The summed E-state index contributed by atoms with van der Waals surface area (Å²) in [6, 6.07) is -0.216. The van der Waals surface area contributed by atoms with Gasteiger partial charge < -0.3 is 19.5 Å². The number of unbranched alkanes of at least 4 members (excludes halogenated alkanes) is 20. The molecule has 1 rings (SSSR count). The van der Waals surface area contributed by atoms with Gasteiger partial charge in [-0.15, -0.1) is 0 Å². The summed E-state index contributed by atoms with van der Waals surface area (Å²) >= 11 is 0. The molecule has 10 heteroatoms. The van der Waals surface area contributed by atoms with Crippen LogP contribution in [0.15, 0.2) is 24.3 Å². The van der Waals surface area contributed by atoms with Gasteiger partial charge in [-0.1, -0.05) is 147 Å². The summed E-state index contributed by atoms with van der Waals surface area (Å²) in [5.74, 6) is -1.40. The zero-order valence-electron chi connectivity index (χ0n) is 35.0. The van der Waals surface area contributed by atoms with Crippen LogP contribution in [-0.2, 0) is 23.8 Å². The minimum absolute atomic E-state index is 0.201. The molecule has 1 atom stereocenters. The van der Waals surface area contributed by atoms with Crippen LogP contribution in [0.4, 0.5) is 13.6 Å². The van der Waals surface area contributed by atoms with Gasteiger partial charge in [0.1, 0.15) is 13.2 Å². The number of carbonyl (C=O) groups excluding carboxylic acids is 3. The Hall–Kier alpha value is -2.49. The van der Waals surface area contributed by atoms with Crippen LogP contribution in [0, 0.1) is 5.92 Å². The molecule has 0 aliphatic carbocycles. The molecule has 1 aliphatic rings. The first-order valence-corrected chi connectivity index (χ1v) is 22.3. The highest BCUT2D eigenvalue weighted by Crippen LogP contribution is 2.15. The van der Waals surface area contributed by atoms with E-state index in [0.717, 1.165) is 64.2 Å². The molecule has 0 aromatic heterocycles. The average molecular weight is 783 g/mol. The van der Waals surface area contributed by atoms with E-state index < -0.39 is 31.5 Å². The van der Waals surface area contributed by atoms with E-state index in [9.17, 15) is 23.2 Å². The Morgan fingerprint density at radius 1 is 0.618 bits per heavy atom. The van der Waals surface area contributed by atoms with Gasteiger partial charge in [-0.25, -0.2) is 4.79 Å². The Bertz CT molecular complexity index is 986. The van der Waals surface area contributed by atoms with Gasteiger partial charge in [0.05, 0.1) is 19.4 Å². The van der Waals surface area contributed by atoms with E-state index in [1.165, 1.54) is 89.9 Å². The van der Waals surface area contributed by atoms with Crippen molar-refractivity contribution in [3.05, 3.63) is 24.3 Å². The number of likely N-dealkylation sites (tertiary alicyclic amines) is 1. The second-order valence-corrected chi connectivity index (χ2v) is 15.6. The molecule has 0 aromatic rings. The van der Waals surface area contributed by atoms with E-state index in [0.29, 0.717) is 26.1 Å². The number of esters is 2. The number of amides is 1. The summed E-state index contributed by atoms with van der Waals surface area (Å²) in [6.45, 7) is 3.85. The van der Waals surface area contributed by atoms with E-state index in [4.69, 9.17) is 14.2 Å². The van der Waals surface area contributed by atoms with Crippen LogP contribution in [0.25, 0.3) is 0 Å². The van der Waals surface area contributed by atoms with E-state index in [1.54, 1.807) is 0 Å². The largest absolute Gasteiger partial charge is 0.462 e. The van der Waals surface area contributed by atoms with Gasteiger partial charge in [0.25, 0.3) is 0 Å². The SMILES string of the molecule is CCCCC/C=C\C/C=C\CCCCCCCC(=O)OCC(COC(=O)CCCCCCCCCCCCCCC)OC(=O)NC1CN(CC(CF)CF)C1. The summed E-state index contributed by atoms with van der Waals surface area (Å²) < 4.78 is 42.1. The Morgan fingerprint density at radius 3 is 1.51 bits per heavy atom. The van der Waals surface area contributed by atoms with Crippen molar-refractivity contribution in [3.8, 4) is 0 Å².